The minimum Gasteiger partial charge on any atom is -0.392 e. The van der Waals surface area contributed by atoms with Gasteiger partial charge in [0.05, 0.1) is 17.1 Å². The van der Waals surface area contributed by atoms with Crippen LogP contribution in [0.4, 0.5) is 18.9 Å². The minimum absolute atomic E-state index is 0.276. The summed E-state index contributed by atoms with van der Waals surface area (Å²) in [5, 5.41) is 28.0. The van der Waals surface area contributed by atoms with Crippen molar-refractivity contribution in [1.29, 1.82) is 5.26 Å². The predicted molar refractivity (Wildman–Crippen MR) is 48.7 cm³/mol. The Morgan fingerprint density at radius 2 is 2.06 bits per heavy atom. The number of hydrogen-bond acceptors (Lipinski definition) is 4. The van der Waals surface area contributed by atoms with Crippen LogP contribution >= 0.6 is 0 Å². The smallest absolute Gasteiger partial charge is 0.392 e. The molecule has 0 saturated heterocycles. The molecule has 0 aliphatic rings. The number of aliphatic hydroxyl groups is 1. The Morgan fingerprint density at radius 1 is 1.47 bits per heavy atom. The van der Waals surface area contributed by atoms with Crippen LogP contribution in [0.25, 0.3) is 0 Å². The number of aliphatic hydroxyl groups excluding tert-OH is 1. The van der Waals surface area contributed by atoms with Crippen molar-refractivity contribution in [2.24, 2.45) is 0 Å². The summed E-state index contributed by atoms with van der Waals surface area (Å²) in [5.74, 6) is 0. The Labute approximate surface area is 92.9 Å². The Kier molecular flexibility index (Phi) is 3.34. The zero-order chi connectivity index (χ0) is 13.2. The third-order valence-electron chi connectivity index (χ3n) is 2.01. The lowest BCUT2D eigenvalue weighted by Gasteiger charge is -2.09. The van der Waals surface area contributed by atoms with E-state index in [0.29, 0.717) is 6.07 Å². The normalized spacial score (nSPS) is 11.0. The van der Waals surface area contributed by atoms with Gasteiger partial charge in [-0.2, -0.15) is 18.4 Å². The quantitative estimate of drug-likeness (QED) is 0.638. The van der Waals surface area contributed by atoms with E-state index in [2.05, 4.69) is 0 Å². The monoisotopic (exact) mass is 246 g/mol. The number of nitro groups is 1. The highest BCUT2D eigenvalue weighted by atomic mass is 19.4. The fourth-order valence-corrected chi connectivity index (χ4v) is 1.25. The van der Waals surface area contributed by atoms with E-state index in [9.17, 15) is 23.3 Å². The molecule has 0 aromatic heterocycles. The summed E-state index contributed by atoms with van der Waals surface area (Å²) in [7, 11) is 0. The summed E-state index contributed by atoms with van der Waals surface area (Å²) in [6.07, 6.45) is -4.78. The molecule has 1 aromatic carbocycles. The number of nitro benzene ring substituents is 1. The first-order valence-electron chi connectivity index (χ1n) is 4.20. The van der Waals surface area contributed by atoms with Crippen molar-refractivity contribution >= 4 is 5.69 Å². The van der Waals surface area contributed by atoms with Gasteiger partial charge in [0, 0.05) is 11.6 Å². The van der Waals surface area contributed by atoms with Crippen molar-refractivity contribution in [2.75, 3.05) is 0 Å². The van der Waals surface area contributed by atoms with Crippen LogP contribution in [0.5, 0.6) is 0 Å². The average Bonchev–Trinajstić information content (AvgIpc) is 2.25. The molecule has 0 atom stereocenters. The first-order valence-corrected chi connectivity index (χ1v) is 4.20. The second kappa shape index (κ2) is 4.39. The zero-order valence-corrected chi connectivity index (χ0v) is 8.15. The standard InChI is InChI=1S/C9H5F3N2O3/c10-9(11,12)6-1-5(4-15)7(3-13)8(2-6)14(16)17/h1-2,15H,4H2. The van der Waals surface area contributed by atoms with Crippen LogP contribution in [-0.2, 0) is 12.8 Å². The van der Waals surface area contributed by atoms with E-state index in [0.717, 1.165) is 0 Å². The molecule has 17 heavy (non-hydrogen) atoms. The summed E-state index contributed by atoms with van der Waals surface area (Å²) in [6, 6.07) is 2.20. The first-order chi connectivity index (χ1) is 7.81. The van der Waals surface area contributed by atoms with Crippen molar-refractivity contribution in [3.8, 4) is 6.07 Å². The highest BCUT2D eigenvalue weighted by Crippen LogP contribution is 2.34. The summed E-state index contributed by atoms with van der Waals surface area (Å²) in [4.78, 5) is 9.44. The van der Waals surface area contributed by atoms with Gasteiger partial charge in [-0.25, -0.2) is 0 Å². The molecular weight excluding hydrogens is 241 g/mol. The van der Waals surface area contributed by atoms with Gasteiger partial charge in [0.25, 0.3) is 5.69 Å². The molecule has 8 heteroatoms. The fraction of sp³-hybridized carbons (Fsp3) is 0.222. The van der Waals surface area contributed by atoms with E-state index in [-0.39, 0.29) is 6.07 Å². The predicted octanol–water partition coefficient (Wildman–Crippen LogP) is 1.98. The molecule has 0 fully saturated rings. The van der Waals surface area contributed by atoms with E-state index in [1.165, 1.54) is 6.07 Å². The molecule has 0 heterocycles. The topological polar surface area (TPSA) is 87.2 Å². The number of nitriles is 1. The fourth-order valence-electron chi connectivity index (χ4n) is 1.25. The summed E-state index contributed by atoms with van der Waals surface area (Å²) in [6.45, 7) is -0.881. The van der Waals surface area contributed by atoms with Crippen LogP contribution in [0.2, 0.25) is 0 Å². The highest BCUT2D eigenvalue weighted by molar-refractivity contribution is 5.55. The van der Waals surface area contributed by atoms with Crippen molar-refractivity contribution < 1.29 is 23.2 Å². The molecule has 0 amide bonds. The number of alkyl halides is 3. The Balaban J connectivity index is 3.59. The molecule has 0 saturated carbocycles. The Hall–Kier alpha value is -2.14. The van der Waals surface area contributed by atoms with E-state index < -0.39 is 40.1 Å². The Morgan fingerprint density at radius 3 is 2.41 bits per heavy atom. The number of halogens is 3. The van der Waals surface area contributed by atoms with Crippen LogP contribution < -0.4 is 0 Å². The third-order valence-corrected chi connectivity index (χ3v) is 2.01. The van der Waals surface area contributed by atoms with Crippen molar-refractivity contribution in [3.05, 3.63) is 38.9 Å². The van der Waals surface area contributed by atoms with Crippen LogP contribution in [-0.4, -0.2) is 10.0 Å². The molecule has 1 N–H and O–H groups in total. The van der Waals surface area contributed by atoms with E-state index in [4.69, 9.17) is 10.4 Å². The maximum atomic E-state index is 12.4. The lowest BCUT2D eigenvalue weighted by Crippen LogP contribution is -2.08. The SMILES string of the molecule is N#Cc1c(CO)cc(C(F)(F)F)cc1[N+](=O)[O-]. The highest BCUT2D eigenvalue weighted by Gasteiger charge is 2.34. The molecule has 0 aliphatic carbocycles. The average molecular weight is 246 g/mol. The molecule has 0 aliphatic heterocycles. The van der Waals surface area contributed by atoms with Gasteiger partial charge in [-0.1, -0.05) is 0 Å². The number of hydrogen-bond donors (Lipinski definition) is 1. The molecule has 0 bridgehead atoms. The van der Waals surface area contributed by atoms with Crippen LogP contribution in [0.1, 0.15) is 16.7 Å². The lowest BCUT2D eigenvalue weighted by molar-refractivity contribution is -0.385. The molecule has 90 valence electrons. The van der Waals surface area contributed by atoms with Gasteiger partial charge in [0.15, 0.2) is 0 Å². The van der Waals surface area contributed by atoms with Crippen molar-refractivity contribution in [3.63, 3.8) is 0 Å². The molecule has 0 spiro atoms. The maximum absolute atomic E-state index is 12.4. The van der Waals surface area contributed by atoms with Gasteiger partial charge < -0.3 is 5.11 Å². The maximum Gasteiger partial charge on any atom is 0.416 e. The largest absolute Gasteiger partial charge is 0.416 e. The number of rotatable bonds is 2. The van der Waals surface area contributed by atoms with Gasteiger partial charge >= 0.3 is 6.18 Å². The molecule has 5 nitrogen and oxygen atoms in total. The molecule has 0 radical (unpaired) electrons. The van der Waals surface area contributed by atoms with Crippen molar-refractivity contribution in [2.45, 2.75) is 12.8 Å². The molecule has 1 rings (SSSR count). The van der Waals surface area contributed by atoms with Gasteiger partial charge in [0.1, 0.15) is 11.6 Å². The van der Waals surface area contributed by atoms with Crippen LogP contribution in [0, 0.1) is 21.4 Å². The number of benzene rings is 1. The summed E-state index contributed by atoms with van der Waals surface area (Å²) < 4.78 is 37.2. The van der Waals surface area contributed by atoms with Gasteiger partial charge in [-0.05, 0) is 6.07 Å². The summed E-state index contributed by atoms with van der Waals surface area (Å²) in [5.41, 5.74) is -3.22. The molecular formula is C9H5F3N2O3. The lowest BCUT2D eigenvalue weighted by atomic mass is 10.0. The second-order valence-electron chi connectivity index (χ2n) is 3.05. The van der Waals surface area contributed by atoms with Gasteiger partial charge in [-0.3, -0.25) is 10.1 Å². The number of nitrogens with zero attached hydrogens (tertiary/aromatic N) is 2. The van der Waals surface area contributed by atoms with Crippen molar-refractivity contribution in [1.82, 2.24) is 0 Å². The third kappa shape index (κ3) is 2.51. The second-order valence-corrected chi connectivity index (χ2v) is 3.05. The molecule has 0 unspecified atom stereocenters. The van der Waals surface area contributed by atoms with E-state index in [1.54, 1.807) is 0 Å². The molecule has 1 aromatic rings. The minimum atomic E-state index is -4.78. The van der Waals surface area contributed by atoms with Gasteiger partial charge in [0.2, 0.25) is 0 Å². The van der Waals surface area contributed by atoms with E-state index in [1.807, 2.05) is 0 Å². The Bertz CT molecular complexity index is 505. The van der Waals surface area contributed by atoms with Crippen LogP contribution in [0.15, 0.2) is 12.1 Å². The van der Waals surface area contributed by atoms with Gasteiger partial charge in [-0.15, -0.1) is 0 Å². The first kappa shape index (κ1) is 12.9. The zero-order valence-electron chi connectivity index (χ0n) is 8.15. The van der Waals surface area contributed by atoms with E-state index >= 15 is 0 Å². The van der Waals surface area contributed by atoms with Crippen LogP contribution in [0.3, 0.4) is 0 Å². The summed E-state index contributed by atoms with van der Waals surface area (Å²) >= 11 is 0.